The Bertz CT molecular complexity index is 231. The highest BCUT2D eigenvalue weighted by Crippen LogP contribution is 2.43. The van der Waals surface area contributed by atoms with Crippen LogP contribution < -0.4 is 5.32 Å². The molecule has 0 bridgehead atoms. The van der Waals surface area contributed by atoms with Crippen LogP contribution in [0.15, 0.2) is 0 Å². The van der Waals surface area contributed by atoms with Crippen LogP contribution in [-0.4, -0.2) is 31.1 Å². The quantitative estimate of drug-likeness (QED) is 0.587. The lowest BCUT2D eigenvalue weighted by Crippen LogP contribution is -2.68. The first-order valence-electron chi connectivity index (χ1n) is 3.45. The maximum absolute atomic E-state index is 12.2. The van der Waals surface area contributed by atoms with Crippen molar-refractivity contribution < 1.29 is 35.9 Å². The molecule has 0 heterocycles. The number of rotatable bonds is 2. The van der Waals surface area contributed by atoms with Gasteiger partial charge in [0.05, 0.1) is 0 Å². The second-order valence-electron chi connectivity index (χ2n) is 2.56. The first-order valence-corrected chi connectivity index (χ1v) is 3.45. The third-order valence-corrected chi connectivity index (χ3v) is 1.46. The summed E-state index contributed by atoms with van der Waals surface area (Å²) >= 11 is 0. The van der Waals surface area contributed by atoms with Crippen LogP contribution in [0.25, 0.3) is 0 Å². The molecule has 0 unspecified atom stereocenters. The number of alkyl halides is 6. The second-order valence-corrected chi connectivity index (χ2v) is 2.56. The zero-order valence-corrected chi connectivity index (χ0v) is 7.58. The number of halogens is 6. The van der Waals surface area contributed by atoms with Crippen molar-refractivity contribution in [2.75, 3.05) is 7.11 Å². The van der Waals surface area contributed by atoms with Crippen LogP contribution in [0.3, 0.4) is 0 Å². The summed E-state index contributed by atoms with van der Waals surface area (Å²) in [4.78, 5) is 10.3. The largest absolute Gasteiger partial charge is 0.446 e. The number of carbonyl (C=O) groups excluding carboxylic acids is 1. The van der Waals surface area contributed by atoms with Gasteiger partial charge < -0.3 is 10.1 Å². The molecule has 0 saturated carbocycles. The molecule has 0 aromatic rings. The monoisotopic (exact) mass is 239 g/mol. The summed E-state index contributed by atoms with van der Waals surface area (Å²) in [6, 6.07) is 0. The van der Waals surface area contributed by atoms with Crippen LogP contribution in [0, 0.1) is 0 Å². The molecule has 15 heavy (non-hydrogen) atoms. The van der Waals surface area contributed by atoms with E-state index < -0.39 is 24.0 Å². The van der Waals surface area contributed by atoms with Gasteiger partial charge in [0, 0.05) is 14.0 Å². The minimum Gasteiger partial charge on any atom is -0.344 e. The molecular formula is C6H7F6NO2. The van der Waals surface area contributed by atoms with E-state index in [4.69, 9.17) is 0 Å². The summed E-state index contributed by atoms with van der Waals surface area (Å²) < 4.78 is 76.4. The van der Waals surface area contributed by atoms with E-state index in [2.05, 4.69) is 4.74 Å². The lowest BCUT2D eigenvalue weighted by atomic mass is 10.2. The van der Waals surface area contributed by atoms with E-state index in [-0.39, 0.29) is 7.11 Å². The Kier molecular flexibility index (Phi) is 3.62. The van der Waals surface area contributed by atoms with Crippen LogP contribution in [0.4, 0.5) is 26.3 Å². The summed E-state index contributed by atoms with van der Waals surface area (Å²) in [6.45, 7) is 0.519. The third-order valence-electron chi connectivity index (χ3n) is 1.46. The van der Waals surface area contributed by atoms with Gasteiger partial charge in [-0.2, -0.15) is 26.3 Å². The van der Waals surface area contributed by atoms with Crippen molar-refractivity contribution in [1.82, 2.24) is 5.32 Å². The minimum absolute atomic E-state index is 0.205. The highest BCUT2D eigenvalue weighted by molar-refractivity contribution is 5.73. The zero-order valence-electron chi connectivity index (χ0n) is 7.58. The van der Waals surface area contributed by atoms with Crippen molar-refractivity contribution in [2.45, 2.75) is 25.0 Å². The highest BCUT2D eigenvalue weighted by Gasteiger charge is 2.73. The van der Waals surface area contributed by atoms with Gasteiger partial charge in [-0.05, 0) is 0 Å². The number of hydrogen-bond donors (Lipinski definition) is 1. The molecule has 1 N–H and O–H groups in total. The van der Waals surface area contributed by atoms with E-state index in [1.165, 1.54) is 0 Å². The predicted molar refractivity (Wildman–Crippen MR) is 35.7 cm³/mol. The minimum atomic E-state index is -5.80. The Hall–Kier alpha value is -0.990. The smallest absolute Gasteiger partial charge is 0.344 e. The number of hydrogen-bond acceptors (Lipinski definition) is 2. The van der Waals surface area contributed by atoms with E-state index in [9.17, 15) is 31.1 Å². The van der Waals surface area contributed by atoms with E-state index in [1.807, 2.05) is 0 Å². The van der Waals surface area contributed by atoms with E-state index in [1.54, 1.807) is 0 Å². The van der Waals surface area contributed by atoms with Crippen LogP contribution in [0.1, 0.15) is 6.92 Å². The number of nitrogens with one attached hydrogen (secondary N) is 1. The summed E-state index contributed by atoms with van der Waals surface area (Å²) in [7, 11) is 0.205. The topological polar surface area (TPSA) is 38.3 Å². The van der Waals surface area contributed by atoms with Crippen molar-refractivity contribution in [1.29, 1.82) is 0 Å². The number of amides is 1. The molecule has 0 aliphatic carbocycles. The Morgan fingerprint density at radius 2 is 1.40 bits per heavy atom. The van der Waals surface area contributed by atoms with E-state index >= 15 is 0 Å². The van der Waals surface area contributed by atoms with Crippen molar-refractivity contribution in [3.05, 3.63) is 0 Å². The van der Waals surface area contributed by atoms with Gasteiger partial charge in [0.15, 0.2) is 0 Å². The van der Waals surface area contributed by atoms with Crippen molar-refractivity contribution in [2.24, 2.45) is 0 Å². The van der Waals surface area contributed by atoms with Crippen LogP contribution in [-0.2, 0) is 9.53 Å². The Labute approximate surface area is 80.4 Å². The Morgan fingerprint density at radius 1 is 1.07 bits per heavy atom. The molecule has 3 nitrogen and oxygen atoms in total. The average molecular weight is 239 g/mol. The van der Waals surface area contributed by atoms with Crippen molar-refractivity contribution in [3.8, 4) is 0 Å². The van der Waals surface area contributed by atoms with Crippen molar-refractivity contribution in [3.63, 3.8) is 0 Å². The molecule has 90 valence electrons. The molecule has 0 saturated heterocycles. The number of ether oxygens (including phenoxy) is 1. The van der Waals surface area contributed by atoms with E-state index in [0.717, 1.165) is 0 Å². The average Bonchev–Trinajstić information content (AvgIpc) is 1.94. The molecule has 0 spiro atoms. The van der Waals surface area contributed by atoms with Gasteiger partial charge in [-0.25, -0.2) is 0 Å². The van der Waals surface area contributed by atoms with Gasteiger partial charge in [0.25, 0.3) is 0 Å². The molecule has 0 aromatic heterocycles. The molecule has 0 aromatic carbocycles. The SMILES string of the molecule is COC(NC(C)=O)(C(F)(F)F)C(F)(F)F. The third kappa shape index (κ3) is 2.52. The van der Waals surface area contributed by atoms with E-state index in [0.29, 0.717) is 12.2 Å². The summed E-state index contributed by atoms with van der Waals surface area (Å²) in [5.41, 5.74) is -4.66. The molecule has 0 aliphatic rings. The van der Waals surface area contributed by atoms with Crippen LogP contribution in [0.2, 0.25) is 0 Å². The molecule has 0 rings (SSSR count). The molecule has 0 radical (unpaired) electrons. The molecule has 0 atom stereocenters. The lowest BCUT2D eigenvalue weighted by molar-refractivity contribution is -0.383. The first-order chi connectivity index (χ1) is 6.48. The number of methoxy groups -OCH3 is 1. The Balaban J connectivity index is 5.42. The summed E-state index contributed by atoms with van der Waals surface area (Å²) in [5, 5.41) is 0.712. The van der Waals surface area contributed by atoms with Gasteiger partial charge in [-0.1, -0.05) is 0 Å². The zero-order chi connectivity index (χ0) is 12.5. The maximum Gasteiger partial charge on any atom is 0.446 e. The van der Waals surface area contributed by atoms with Crippen molar-refractivity contribution >= 4 is 5.91 Å². The molecule has 0 aliphatic heterocycles. The summed E-state index contributed by atoms with van der Waals surface area (Å²) in [5.74, 6) is -1.51. The van der Waals surface area contributed by atoms with Gasteiger partial charge in [-0.3, -0.25) is 4.79 Å². The summed E-state index contributed by atoms with van der Waals surface area (Å²) in [6.07, 6.45) is -11.6. The molecule has 0 fully saturated rings. The highest BCUT2D eigenvalue weighted by atomic mass is 19.4. The first kappa shape index (κ1) is 14.0. The van der Waals surface area contributed by atoms with Gasteiger partial charge in [-0.15, -0.1) is 0 Å². The molecule has 1 amide bonds. The normalized spacial score (nSPS) is 13.9. The van der Waals surface area contributed by atoms with Crippen LogP contribution >= 0.6 is 0 Å². The fourth-order valence-electron chi connectivity index (χ4n) is 0.833. The van der Waals surface area contributed by atoms with Gasteiger partial charge >= 0.3 is 18.1 Å². The standard InChI is InChI=1S/C6H7F6NO2/c1-3(14)13-4(15-2,5(7,8)9)6(10,11)12/h1-2H3,(H,13,14). The van der Waals surface area contributed by atoms with Gasteiger partial charge in [0.2, 0.25) is 5.91 Å². The Morgan fingerprint density at radius 3 is 1.47 bits per heavy atom. The maximum atomic E-state index is 12.2. The predicted octanol–water partition coefficient (Wildman–Crippen LogP) is 1.59. The van der Waals surface area contributed by atoms with Crippen LogP contribution in [0.5, 0.6) is 0 Å². The molecule has 9 heteroatoms. The number of carbonyl (C=O) groups is 1. The molecular weight excluding hydrogens is 232 g/mol. The van der Waals surface area contributed by atoms with Gasteiger partial charge in [0.1, 0.15) is 0 Å². The fraction of sp³-hybridized carbons (Fsp3) is 0.833. The fourth-order valence-corrected chi connectivity index (χ4v) is 0.833. The second kappa shape index (κ2) is 3.87. The lowest BCUT2D eigenvalue weighted by Gasteiger charge is -2.35.